The second-order valence-electron chi connectivity index (χ2n) is 4.66. The molecule has 5 heteroatoms. The van der Waals surface area contributed by atoms with Crippen LogP contribution in [0.1, 0.15) is 31.8 Å². The first-order valence-electron chi connectivity index (χ1n) is 6.38. The molecule has 0 saturated carbocycles. The zero-order valence-corrected chi connectivity index (χ0v) is 11.5. The molecule has 2 rings (SSSR count). The third kappa shape index (κ3) is 3.39. The number of amides is 1. The molecule has 0 aliphatic heterocycles. The number of benzene rings is 2. The summed E-state index contributed by atoms with van der Waals surface area (Å²) < 4.78 is 0. The predicted octanol–water partition coefficient (Wildman–Crippen LogP) is 2.33. The normalized spacial score (nSPS) is 10.1. The maximum absolute atomic E-state index is 11.9. The van der Waals surface area contributed by atoms with Gasteiger partial charge in [0.15, 0.2) is 0 Å². The van der Waals surface area contributed by atoms with E-state index in [1.165, 1.54) is 6.07 Å². The van der Waals surface area contributed by atoms with Crippen LogP contribution in [-0.4, -0.2) is 22.1 Å². The first-order valence-corrected chi connectivity index (χ1v) is 6.38. The van der Waals surface area contributed by atoms with E-state index in [0.29, 0.717) is 16.7 Å². The SMILES string of the molecule is Cc1cc(CNC(=O)c2ccccc2)cc(C(=O)O)c1O. The fourth-order valence-electron chi connectivity index (χ4n) is 1.99. The Bertz CT molecular complexity index is 680. The first kappa shape index (κ1) is 14.6. The number of carboxylic acid groups (broad SMARTS) is 1. The quantitative estimate of drug-likeness (QED) is 0.804. The first-order chi connectivity index (χ1) is 9.99. The number of aromatic carboxylic acids is 1. The van der Waals surface area contributed by atoms with Crippen LogP contribution in [0.15, 0.2) is 42.5 Å². The van der Waals surface area contributed by atoms with Crippen LogP contribution >= 0.6 is 0 Å². The Hall–Kier alpha value is -2.82. The predicted molar refractivity (Wildman–Crippen MR) is 77.4 cm³/mol. The van der Waals surface area contributed by atoms with Crippen molar-refractivity contribution >= 4 is 11.9 Å². The smallest absolute Gasteiger partial charge is 0.339 e. The molecule has 0 radical (unpaired) electrons. The molecular formula is C16H15NO4. The maximum Gasteiger partial charge on any atom is 0.339 e. The van der Waals surface area contributed by atoms with E-state index in [-0.39, 0.29) is 23.8 Å². The summed E-state index contributed by atoms with van der Waals surface area (Å²) in [5, 5.41) is 21.4. The van der Waals surface area contributed by atoms with E-state index in [0.717, 1.165) is 0 Å². The molecule has 2 aromatic carbocycles. The van der Waals surface area contributed by atoms with E-state index in [2.05, 4.69) is 5.32 Å². The Morgan fingerprint density at radius 1 is 1.14 bits per heavy atom. The Kier molecular flexibility index (Phi) is 4.23. The molecule has 0 atom stereocenters. The van der Waals surface area contributed by atoms with Crippen molar-refractivity contribution in [3.63, 3.8) is 0 Å². The summed E-state index contributed by atoms with van der Waals surface area (Å²) in [6.07, 6.45) is 0. The number of hydrogen-bond donors (Lipinski definition) is 3. The third-order valence-electron chi connectivity index (χ3n) is 3.08. The average Bonchev–Trinajstić information content (AvgIpc) is 2.48. The Morgan fingerprint density at radius 3 is 2.43 bits per heavy atom. The van der Waals surface area contributed by atoms with Crippen molar-refractivity contribution in [3.8, 4) is 5.75 Å². The summed E-state index contributed by atoms with van der Waals surface area (Å²) in [4.78, 5) is 23.0. The highest BCUT2D eigenvalue weighted by atomic mass is 16.4. The molecule has 0 bridgehead atoms. The van der Waals surface area contributed by atoms with Crippen molar-refractivity contribution in [2.45, 2.75) is 13.5 Å². The van der Waals surface area contributed by atoms with Gasteiger partial charge in [-0.3, -0.25) is 4.79 Å². The van der Waals surface area contributed by atoms with Crippen LogP contribution < -0.4 is 5.32 Å². The topological polar surface area (TPSA) is 86.6 Å². The fourth-order valence-corrected chi connectivity index (χ4v) is 1.99. The molecule has 0 aliphatic rings. The number of hydrogen-bond acceptors (Lipinski definition) is 3. The summed E-state index contributed by atoms with van der Waals surface area (Å²) in [7, 11) is 0. The van der Waals surface area contributed by atoms with Crippen LogP contribution in [0.25, 0.3) is 0 Å². The number of carboxylic acids is 1. The van der Waals surface area contributed by atoms with E-state index < -0.39 is 5.97 Å². The van der Waals surface area contributed by atoms with Crippen molar-refractivity contribution in [1.29, 1.82) is 0 Å². The molecule has 108 valence electrons. The molecule has 0 unspecified atom stereocenters. The standard InChI is InChI=1S/C16H15NO4/c1-10-7-11(8-13(14(10)18)16(20)21)9-17-15(19)12-5-3-2-4-6-12/h2-8,18H,9H2,1H3,(H,17,19)(H,20,21). The molecule has 0 spiro atoms. The van der Waals surface area contributed by atoms with Crippen molar-refractivity contribution < 1.29 is 19.8 Å². The summed E-state index contributed by atoms with van der Waals surface area (Å²) in [5.74, 6) is -1.69. The van der Waals surface area contributed by atoms with Gasteiger partial charge < -0.3 is 15.5 Å². The minimum Gasteiger partial charge on any atom is -0.507 e. The van der Waals surface area contributed by atoms with Gasteiger partial charge in [-0.05, 0) is 36.2 Å². The molecule has 21 heavy (non-hydrogen) atoms. The maximum atomic E-state index is 11.9. The van der Waals surface area contributed by atoms with Gasteiger partial charge in [-0.2, -0.15) is 0 Å². The monoisotopic (exact) mass is 285 g/mol. The average molecular weight is 285 g/mol. The van der Waals surface area contributed by atoms with Gasteiger partial charge in [0.05, 0.1) is 0 Å². The molecule has 3 N–H and O–H groups in total. The van der Waals surface area contributed by atoms with Crippen LogP contribution in [0.5, 0.6) is 5.75 Å². The van der Waals surface area contributed by atoms with Crippen LogP contribution in [0.2, 0.25) is 0 Å². The third-order valence-corrected chi connectivity index (χ3v) is 3.08. The lowest BCUT2D eigenvalue weighted by Crippen LogP contribution is -2.22. The zero-order valence-electron chi connectivity index (χ0n) is 11.5. The number of phenols is 1. The van der Waals surface area contributed by atoms with Gasteiger partial charge in [0.25, 0.3) is 5.91 Å². The van der Waals surface area contributed by atoms with Gasteiger partial charge >= 0.3 is 5.97 Å². The second kappa shape index (κ2) is 6.09. The molecule has 0 fully saturated rings. The molecule has 0 saturated heterocycles. The van der Waals surface area contributed by atoms with Gasteiger partial charge in [-0.15, -0.1) is 0 Å². The van der Waals surface area contributed by atoms with E-state index in [1.54, 1.807) is 37.3 Å². The summed E-state index contributed by atoms with van der Waals surface area (Å²) in [6.45, 7) is 1.80. The number of aryl methyl sites for hydroxylation is 1. The largest absolute Gasteiger partial charge is 0.507 e. The van der Waals surface area contributed by atoms with Gasteiger partial charge in [0, 0.05) is 12.1 Å². The second-order valence-corrected chi connectivity index (χ2v) is 4.66. The highest BCUT2D eigenvalue weighted by Crippen LogP contribution is 2.24. The van der Waals surface area contributed by atoms with Crippen LogP contribution in [0, 0.1) is 6.92 Å². The number of aromatic hydroxyl groups is 1. The van der Waals surface area contributed by atoms with Gasteiger partial charge in [0.1, 0.15) is 11.3 Å². The van der Waals surface area contributed by atoms with Crippen LogP contribution in [0.3, 0.4) is 0 Å². The molecule has 2 aromatic rings. The summed E-state index contributed by atoms with van der Waals surface area (Å²) in [5.41, 5.74) is 1.44. The number of carbonyl (C=O) groups is 2. The molecular weight excluding hydrogens is 270 g/mol. The lowest BCUT2D eigenvalue weighted by atomic mass is 10.0. The van der Waals surface area contributed by atoms with E-state index in [1.807, 2.05) is 6.07 Å². The molecule has 0 heterocycles. The number of nitrogens with one attached hydrogen (secondary N) is 1. The molecule has 1 amide bonds. The van der Waals surface area contributed by atoms with Crippen LogP contribution in [0.4, 0.5) is 0 Å². The number of rotatable bonds is 4. The Labute approximate surface area is 121 Å². The Morgan fingerprint density at radius 2 is 1.81 bits per heavy atom. The fraction of sp³-hybridized carbons (Fsp3) is 0.125. The van der Waals surface area contributed by atoms with Crippen molar-refractivity contribution in [3.05, 3.63) is 64.7 Å². The van der Waals surface area contributed by atoms with Crippen molar-refractivity contribution in [1.82, 2.24) is 5.32 Å². The summed E-state index contributed by atoms with van der Waals surface area (Å²) >= 11 is 0. The van der Waals surface area contributed by atoms with Gasteiger partial charge in [-0.25, -0.2) is 4.79 Å². The van der Waals surface area contributed by atoms with Crippen molar-refractivity contribution in [2.75, 3.05) is 0 Å². The molecule has 0 aliphatic carbocycles. The van der Waals surface area contributed by atoms with E-state index in [4.69, 9.17) is 5.11 Å². The van der Waals surface area contributed by atoms with E-state index >= 15 is 0 Å². The molecule has 0 aromatic heterocycles. The lowest BCUT2D eigenvalue weighted by Gasteiger charge is -2.09. The van der Waals surface area contributed by atoms with Crippen LogP contribution in [-0.2, 0) is 6.54 Å². The lowest BCUT2D eigenvalue weighted by molar-refractivity contribution is 0.0693. The molecule has 5 nitrogen and oxygen atoms in total. The minimum atomic E-state index is -1.20. The number of carbonyl (C=O) groups excluding carboxylic acids is 1. The summed E-state index contributed by atoms with van der Waals surface area (Å²) in [6, 6.07) is 11.7. The highest BCUT2D eigenvalue weighted by Gasteiger charge is 2.14. The minimum absolute atomic E-state index is 0.168. The van der Waals surface area contributed by atoms with Gasteiger partial charge in [0.2, 0.25) is 0 Å². The van der Waals surface area contributed by atoms with Gasteiger partial charge in [-0.1, -0.05) is 24.3 Å². The van der Waals surface area contributed by atoms with E-state index in [9.17, 15) is 14.7 Å². The highest BCUT2D eigenvalue weighted by molar-refractivity contribution is 5.94. The van der Waals surface area contributed by atoms with Crippen molar-refractivity contribution in [2.24, 2.45) is 0 Å². The zero-order chi connectivity index (χ0) is 15.4. The Balaban J connectivity index is 2.14.